The highest BCUT2D eigenvalue weighted by molar-refractivity contribution is 6.30. The Balaban J connectivity index is 1.86. The van der Waals surface area contributed by atoms with Gasteiger partial charge in [0, 0.05) is 18.5 Å². The van der Waals surface area contributed by atoms with Gasteiger partial charge in [0.25, 0.3) is 0 Å². The number of piperidine rings is 1. The molecule has 0 unspecified atom stereocenters. The van der Waals surface area contributed by atoms with Crippen LogP contribution in [0, 0.1) is 5.41 Å². The Bertz CT molecular complexity index is 228. The summed E-state index contributed by atoms with van der Waals surface area (Å²) in [6.45, 7) is 5.19. The Kier molecular flexibility index (Phi) is 2.71. The van der Waals surface area contributed by atoms with Gasteiger partial charge in [0.2, 0.25) is 5.91 Å². The maximum absolute atomic E-state index is 11.6. The summed E-state index contributed by atoms with van der Waals surface area (Å²) < 4.78 is 5.23. The van der Waals surface area contributed by atoms with Crippen molar-refractivity contribution in [3.05, 3.63) is 0 Å². The monoisotopic (exact) mass is 217 g/mol. The molecule has 0 bridgehead atoms. The Morgan fingerprint density at radius 3 is 2.36 bits per heavy atom. The van der Waals surface area contributed by atoms with Crippen LogP contribution >= 0.6 is 11.6 Å². The zero-order valence-corrected chi connectivity index (χ0v) is 9.22. The van der Waals surface area contributed by atoms with Gasteiger partial charge in [-0.3, -0.25) is 4.79 Å². The molecule has 2 heterocycles. The van der Waals surface area contributed by atoms with Crippen LogP contribution in [0.1, 0.15) is 19.8 Å². The summed E-state index contributed by atoms with van der Waals surface area (Å²) in [5.41, 5.74) is 0.395. The second kappa shape index (κ2) is 3.70. The Morgan fingerprint density at radius 2 is 2.00 bits per heavy atom. The third kappa shape index (κ3) is 1.75. The molecular weight excluding hydrogens is 202 g/mol. The van der Waals surface area contributed by atoms with Crippen LogP contribution in [-0.4, -0.2) is 42.5 Å². The standard InChI is InChI=1S/C10H16ClNO2/c1-8(11)9(13)12-4-2-10(3-5-12)6-14-7-10/h8H,2-7H2,1H3/t8-/m0/s1. The predicted molar refractivity (Wildman–Crippen MR) is 54.4 cm³/mol. The van der Waals surface area contributed by atoms with Gasteiger partial charge < -0.3 is 9.64 Å². The molecule has 1 atom stereocenters. The van der Waals surface area contributed by atoms with Gasteiger partial charge in [0.1, 0.15) is 5.38 Å². The Hall–Kier alpha value is -0.280. The average molecular weight is 218 g/mol. The van der Waals surface area contributed by atoms with Crippen LogP contribution in [-0.2, 0) is 9.53 Å². The number of halogens is 1. The minimum absolute atomic E-state index is 0.0711. The first kappa shape index (κ1) is 10.2. The van der Waals surface area contributed by atoms with E-state index < -0.39 is 0 Å². The number of likely N-dealkylation sites (tertiary alicyclic amines) is 1. The van der Waals surface area contributed by atoms with Crippen LogP contribution in [0.5, 0.6) is 0 Å². The number of hydrogen-bond acceptors (Lipinski definition) is 2. The molecule has 4 heteroatoms. The van der Waals surface area contributed by atoms with Crippen molar-refractivity contribution in [1.82, 2.24) is 4.90 Å². The lowest BCUT2D eigenvalue weighted by Gasteiger charge is -2.47. The molecule has 0 aromatic rings. The van der Waals surface area contributed by atoms with Crippen molar-refractivity contribution in [2.45, 2.75) is 25.1 Å². The number of rotatable bonds is 1. The molecule has 3 nitrogen and oxygen atoms in total. The molecule has 1 amide bonds. The highest BCUT2D eigenvalue weighted by Crippen LogP contribution is 2.38. The third-order valence-corrected chi connectivity index (χ3v) is 3.48. The largest absolute Gasteiger partial charge is 0.380 e. The summed E-state index contributed by atoms with van der Waals surface area (Å²) in [5.74, 6) is 0.0711. The second-order valence-electron chi connectivity index (χ2n) is 4.43. The lowest BCUT2D eigenvalue weighted by atomic mass is 9.77. The van der Waals surface area contributed by atoms with Crippen molar-refractivity contribution in [3.8, 4) is 0 Å². The summed E-state index contributed by atoms with van der Waals surface area (Å²) in [5, 5.41) is -0.387. The fourth-order valence-corrected chi connectivity index (χ4v) is 2.27. The van der Waals surface area contributed by atoms with E-state index in [1.165, 1.54) is 0 Å². The molecule has 2 aliphatic rings. The van der Waals surface area contributed by atoms with E-state index in [0.29, 0.717) is 5.41 Å². The number of ether oxygens (including phenoxy) is 1. The van der Waals surface area contributed by atoms with Crippen LogP contribution in [0.2, 0.25) is 0 Å². The minimum atomic E-state index is -0.387. The number of carbonyl (C=O) groups excluding carboxylic acids is 1. The molecule has 0 aromatic carbocycles. The molecule has 0 radical (unpaired) electrons. The van der Waals surface area contributed by atoms with Gasteiger partial charge in [-0.25, -0.2) is 0 Å². The first-order chi connectivity index (χ1) is 6.63. The molecule has 0 saturated carbocycles. The van der Waals surface area contributed by atoms with E-state index in [1.54, 1.807) is 6.92 Å². The minimum Gasteiger partial charge on any atom is -0.380 e. The lowest BCUT2D eigenvalue weighted by Crippen LogP contribution is -2.52. The van der Waals surface area contributed by atoms with E-state index in [-0.39, 0.29) is 11.3 Å². The molecule has 2 aliphatic heterocycles. The summed E-state index contributed by atoms with van der Waals surface area (Å²) in [6.07, 6.45) is 2.14. The normalized spacial score (nSPS) is 27.1. The number of carbonyl (C=O) groups is 1. The fourth-order valence-electron chi connectivity index (χ4n) is 2.13. The van der Waals surface area contributed by atoms with Crippen molar-refractivity contribution in [1.29, 1.82) is 0 Å². The molecule has 14 heavy (non-hydrogen) atoms. The molecule has 80 valence electrons. The van der Waals surface area contributed by atoms with Gasteiger partial charge in [-0.2, -0.15) is 0 Å². The van der Waals surface area contributed by atoms with Gasteiger partial charge in [-0.05, 0) is 19.8 Å². The predicted octanol–water partition coefficient (Wildman–Crippen LogP) is 1.25. The van der Waals surface area contributed by atoms with Gasteiger partial charge in [-0.15, -0.1) is 11.6 Å². The van der Waals surface area contributed by atoms with Crippen LogP contribution in [0.15, 0.2) is 0 Å². The van der Waals surface area contributed by atoms with Crippen LogP contribution in [0.3, 0.4) is 0 Å². The highest BCUT2D eigenvalue weighted by Gasteiger charge is 2.42. The van der Waals surface area contributed by atoms with Crippen LogP contribution < -0.4 is 0 Å². The molecule has 2 saturated heterocycles. The fraction of sp³-hybridized carbons (Fsp3) is 0.900. The molecule has 0 N–H and O–H groups in total. The Morgan fingerprint density at radius 1 is 1.43 bits per heavy atom. The van der Waals surface area contributed by atoms with Gasteiger partial charge in [0.15, 0.2) is 0 Å². The van der Waals surface area contributed by atoms with Gasteiger partial charge in [0.05, 0.1) is 13.2 Å². The summed E-state index contributed by atoms with van der Waals surface area (Å²) in [7, 11) is 0. The maximum Gasteiger partial charge on any atom is 0.240 e. The van der Waals surface area contributed by atoms with E-state index >= 15 is 0 Å². The third-order valence-electron chi connectivity index (χ3n) is 3.29. The molecule has 2 fully saturated rings. The topological polar surface area (TPSA) is 29.5 Å². The molecule has 1 spiro atoms. The molecular formula is C10H16ClNO2. The smallest absolute Gasteiger partial charge is 0.240 e. The SMILES string of the molecule is C[C@H](Cl)C(=O)N1CCC2(CC1)COC2. The van der Waals surface area contributed by atoms with E-state index in [4.69, 9.17) is 16.3 Å². The Labute approximate surface area is 89.4 Å². The van der Waals surface area contributed by atoms with Crippen molar-refractivity contribution in [2.24, 2.45) is 5.41 Å². The zero-order valence-electron chi connectivity index (χ0n) is 8.46. The highest BCUT2D eigenvalue weighted by atomic mass is 35.5. The summed E-state index contributed by atoms with van der Waals surface area (Å²) >= 11 is 5.76. The first-order valence-electron chi connectivity index (χ1n) is 5.14. The van der Waals surface area contributed by atoms with Crippen LogP contribution in [0.25, 0.3) is 0 Å². The maximum atomic E-state index is 11.6. The number of alkyl halides is 1. The molecule has 2 rings (SSSR count). The van der Waals surface area contributed by atoms with Crippen molar-refractivity contribution < 1.29 is 9.53 Å². The van der Waals surface area contributed by atoms with E-state index in [9.17, 15) is 4.79 Å². The van der Waals surface area contributed by atoms with E-state index in [1.807, 2.05) is 4.90 Å². The number of nitrogens with zero attached hydrogens (tertiary/aromatic N) is 1. The first-order valence-corrected chi connectivity index (χ1v) is 5.57. The second-order valence-corrected chi connectivity index (χ2v) is 5.09. The molecule has 0 aliphatic carbocycles. The number of amides is 1. The van der Waals surface area contributed by atoms with Crippen molar-refractivity contribution in [2.75, 3.05) is 26.3 Å². The van der Waals surface area contributed by atoms with E-state index in [0.717, 1.165) is 39.1 Å². The average Bonchev–Trinajstić information content (AvgIpc) is 2.14. The lowest BCUT2D eigenvalue weighted by molar-refractivity contribution is -0.152. The van der Waals surface area contributed by atoms with Crippen LogP contribution in [0.4, 0.5) is 0 Å². The van der Waals surface area contributed by atoms with Crippen molar-refractivity contribution in [3.63, 3.8) is 0 Å². The summed E-state index contributed by atoms with van der Waals surface area (Å²) in [6, 6.07) is 0. The zero-order chi connectivity index (χ0) is 10.2. The van der Waals surface area contributed by atoms with Gasteiger partial charge >= 0.3 is 0 Å². The molecule has 0 aromatic heterocycles. The summed E-state index contributed by atoms with van der Waals surface area (Å²) in [4.78, 5) is 13.5. The quantitative estimate of drug-likeness (QED) is 0.619. The van der Waals surface area contributed by atoms with Crippen molar-refractivity contribution >= 4 is 17.5 Å². The van der Waals surface area contributed by atoms with E-state index in [2.05, 4.69) is 0 Å². The van der Waals surface area contributed by atoms with Gasteiger partial charge in [-0.1, -0.05) is 0 Å². The number of hydrogen-bond donors (Lipinski definition) is 0.